The van der Waals surface area contributed by atoms with Crippen molar-refractivity contribution in [3.8, 4) is 0 Å². The molecule has 88 valence electrons. The zero-order valence-corrected chi connectivity index (χ0v) is 9.61. The summed E-state index contributed by atoms with van der Waals surface area (Å²) in [5.74, 6) is 2.30. The number of nitrogens with zero attached hydrogens (tertiary/aromatic N) is 2. The van der Waals surface area contributed by atoms with Gasteiger partial charge < -0.3 is 9.84 Å². The maximum absolute atomic E-state index is 5.38. The fraction of sp³-hybridized carbons (Fsp3) is 0.833. The predicted molar refractivity (Wildman–Crippen MR) is 60.1 cm³/mol. The van der Waals surface area contributed by atoms with Gasteiger partial charge in [0.1, 0.15) is 0 Å². The number of nitrogens with one attached hydrogen (secondary N) is 1. The van der Waals surface area contributed by atoms with Gasteiger partial charge in [0.2, 0.25) is 5.89 Å². The van der Waals surface area contributed by atoms with E-state index in [0.717, 1.165) is 24.7 Å². The van der Waals surface area contributed by atoms with Gasteiger partial charge in [-0.05, 0) is 32.2 Å². The van der Waals surface area contributed by atoms with E-state index in [0.29, 0.717) is 12.0 Å². The van der Waals surface area contributed by atoms with Gasteiger partial charge in [-0.1, -0.05) is 24.4 Å². The van der Waals surface area contributed by atoms with Crippen LogP contribution in [0.5, 0.6) is 0 Å². The molecule has 1 aromatic heterocycles. The second-order valence-corrected chi connectivity index (χ2v) is 4.97. The highest BCUT2D eigenvalue weighted by Crippen LogP contribution is 2.32. The first-order valence-corrected chi connectivity index (χ1v) is 6.50. The van der Waals surface area contributed by atoms with Gasteiger partial charge in [0.25, 0.3) is 0 Å². The Morgan fingerprint density at radius 1 is 1.06 bits per heavy atom. The van der Waals surface area contributed by atoms with Gasteiger partial charge in [0.15, 0.2) is 5.82 Å². The SMILES string of the molecule is C1CCC(c2noc([C@@H]3CCCN3)n2)CC1. The normalized spacial score (nSPS) is 27.4. The quantitative estimate of drug-likeness (QED) is 0.833. The average molecular weight is 221 g/mol. The smallest absolute Gasteiger partial charge is 0.243 e. The maximum Gasteiger partial charge on any atom is 0.243 e. The molecular weight excluding hydrogens is 202 g/mol. The molecule has 2 aliphatic rings. The van der Waals surface area contributed by atoms with E-state index in [9.17, 15) is 0 Å². The number of hydrogen-bond donors (Lipinski definition) is 1. The highest BCUT2D eigenvalue weighted by molar-refractivity contribution is 5.00. The third kappa shape index (κ3) is 1.98. The molecule has 0 unspecified atom stereocenters. The molecule has 1 atom stereocenters. The Labute approximate surface area is 95.8 Å². The predicted octanol–water partition coefficient (Wildman–Crippen LogP) is 2.54. The van der Waals surface area contributed by atoms with Gasteiger partial charge in [-0.25, -0.2) is 0 Å². The molecule has 0 amide bonds. The highest BCUT2D eigenvalue weighted by atomic mass is 16.5. The summed E-state index contributed by atoms with van der Waals surface area (Å²) in [6, 6.07) is 0.310. The van der Waals surface area contributed by atoms with Crippen molar-refractivity contribution in [2.45, 2.75) is 56.9 Å². The zero-order valence-electron chi connectivity index (χ0n) is 9.61. The van der Waals surface area contributed by atoms with Crippen molar-refractivity contribution in [2.24, 2.45) is 0 Å². The summed E-state index contributed by atoms with van der Waals surface area (Å²) in [4.78, 5) is 4.58. The molecule has 4 heteroatoms. The third-order valence-electron chi connectivity index (χ3n) is 3.79. The van der Waals surface area contributed by atoms with Crippen LogP contribution in [0.25, 0.3) is 0 Å². The molecule has 0 aromatic carbocycles. The van der Waals surface area contributed by atoms with Gasteiger partial charge in [-0.15, -0.1) is 0 Å². The Kier molecular flexibility index (Phi) is 2.91. The van der Waals surface area contributed by atoms with E-state index in [-0.39, 0.29) is 0 Å². The monoisotopic (exact) mass is 221 g/mol. The lowest BCUT2D eigenvalue weighted by molar-refractivity contribution is 0.333. The minimum Gasteiger partial charge on any atom is -0.338 e. The van der Waals surface area contributed by atoms with Gasteiger partial charge in [-0.3, -0.25) is 0 Å². The van der Waals surface area contributed by atoms with Gasteiger partial charge in [-0.2, -0.15) is 4.98 Å². The minimum absolute atomic E-state index is 0.310. The van der Waals surface area contributed by atoms with E-state index in [4.69, 9.17) is 4.52 Å². The Bertz CT molecular complexity index is 338. The first-order chi connectivity index (χ1) is 7.93. The van der Waals surface area contributed by atoms with Crippen molar-refractivity contribution in [1.29, 1.82) is 0 Å². The molecule has 16 heavy (non-hydrogen) atoms. The fourth-order valence-electron chi connectivity index (χ4n) is 2.81. The van der Waals surface area contributed by atoms with Gasteiger partial charge in [0.05, 0.1) is 6.04 Å². The molecule has 1 saturated heterocycles. The summed E-state index contributed by atoms with van der Waals surface area (Å²) in [6.45, 7) is 1.08. The Hall–Kier alpha value is -0.900. The van der Waals surface area contributed by atoms with Crippen LogP contribution in [0.2, 0.25) is 0 Å². The molecular formula is C12H19N3O. The van der Waals surface area contributed by atoms with E-state index in [1.165, 1.54) is 38.5 Å². The number of hydrogen-bond acceptors (Lipinski definition) is 4. The lowest BCUT2D eigenvalue weighted by atomic mass is 9.89. The van der Waals surface area contributed by atoms with Crippen LogP contribution in [0.1, 0.15) is 68.6 Å². The molecule has 4 nitrogen and oxygen atoms in total. The van der Waals surface area contributed by atoms with Crippen LogP contribution < -0.4 is 5.32 Å². The molecule has 0 bridgehead atoms. The summed E-state index contributed by atoms with van der Waals surface area (Å²) in [5.41, 5.74) is 0. The maximum atomic E-state index is 5.38. The minimum atomic E-state index is 0.310. The molecule has 1 N–H and O–H groups in total. The summed E-state index contributed by atoms with van der Waals surface area (Å²) >= 11 is 0. The van der Waals surface area contributed by atoms with Crippen molar-refractivity contribution in [3.63, 3.8) is 0 Å². The topological polar surface area (TPSA) is 51.0 Å². The fourth-order valence-corrected chi connectivity index (χ4v) is 2.81. The first kappa shape index (κ1) is 10.3. The van der Waals surface area contributed by atoms with E-state index in [1.807, 2.05) is 0 Å². The van der Waals surface area contributed by atoms with Crippen LogP contribution in [0.3, 0.4) is 0 Å². The molecule has 1 saturated carbocycles. The van der Waals surface area contributed by atoms with E-state index in [2.05, 4.69) is 15.5 Å². The standard InChI is InChI=1S/C12H19N3O/c1-2-5-9(6-3-1)11-14-12(16-15-11)10-7-4-8-13-10/h9-10,13H,1-8H2/t10-/m0/s1. The Morgan fingerprint density at radius 2 is 1.94 bits per heavy atom. The molecule has 1 aliphatic carbocycles. The van der Waals surface area contributed by atoms with Crippen LogP contribution >= 0.6 is 0 Å². The summed E-state index contributed by atoms with van der Waals surface area (Å²) in [6.07, 6.45) is 8.81. The second kappa shape index (κ2) is 4.53. The highest BCUT2D eigenvalue weighted by Gasteiger charge is 2.25. The average Bonchev–Trinajstić information content (AvgIpc) is 3.01. The molecule has 2 heterocycles. The molecule has 1 aromatic rings. The van der Waals surface area contributed by atoms with Crippen LogP contribution in [0.4, 0.5) is 0 Å². The number of rotatable bonds is 2. The van der Waals surface area contributed by atoms with E-state index in [1.54, 1.807) is 0 Å². The summed E-state index contributed by atoms with van der Waals surface area (Å²) in [5, 5.41) is 7.55. The summed E-state index contributed by atoms with van der Waals surface area (Å²) in [7, 11) is 0. The van der Waals surface area contributed by atoms with Crippen LogP contribution in [0.15, 0.2) is 4.52 Å². The molecule has 3 rings (SSSR count). The molecule has 1 aliphatic heterocycles. The Balaban J connectivity index is 1.71. The van der Waals surface area contributed by atoms with Crippen molar-refractivity contribution in [2.75, 3.05) is 6.54 Å². The van der Waals surface area contributed by atoms with Crippen molar-refractivity contribution < 1.29 is 4.52 Å². The van der Waals surface area contributed by atoms with Crippen molar-refractivity contribution in [3.05, 3.63) is 11.7 Å². The third-order valence-corrected chi connectivity index (χ3v) is 3.79. The number of aromatic nitrogens is 2. The molecule has 2 fully saturated rings. The lowest BCUT2D eigenvalue weighted by Gasteiger charge is -2.17. The van der Waals surface area contributed by atoms with E-state index < -0.39 is 0 Å². The van der Waals surface area contributed by atoms with Crippen molar-refractivity contribution in [1.82, 2.24) is 15.5 Å². The van der Waals surface area contributed by atoms with Crippen LogP contribution in [-0.4, -0.2) is 16.7 Å². The zero-order chi connectivity index (χ0) is 10.8. The van der Waals surface area contributed by atoms with E-state index >= 15 is 0 Å². The largest absolute Gasteiger partial charge is 0.338 e. The lowest BCUT2D eigenvalue weighted by Crippen LogP contribution is -2.13. The second-order valence-electron chi connectivity index (χ2n) is 4.97. The van der Waals surface area contributed by atoms with Gasteiger partial charge in [0, 0.05) is 5.92 Å². The van der Waals surface area contributed by atoms with Crippen molar-refractivity contribution >= 4 is 0 Å². The van der Waals surface area contributed by atoms with Crippen LogP contribution in [0, 0.1) is 0 Å². The first-order valence-electron chi connectivity index (χ1n) is 6.50. The molecule has 0 spiro atoms. The molecule has 0 radical (unpaired) electrons. The van der Waals surface area contributed by atoms with Crippen LogP contribution in [-0.2, 0) is 0 Å². The summed E-state index contributed by atoms with van der Waals surface area (Å²) < 4.78 is 5.38. The van der Waals surface area contributed by atoms with Gasteiger partial charge >= 0.3 is 0 Å². The Morgan fingerprint density at radius 3 is 2.69 bits per heavy atom.